The number of fused-ring (bicyclic) bond motifs is 1. The highest BCUT2D eigenvalue weighted by Gasteiger charge is 2.22. The van der Waals surface area contributed by atoms with Gasteiger partial charge in [0.25, 0.3) is 0 Å². The lowest BCUT2D eigenvalue weighted by Crippen LogP contribution is -2.03. The fourth-order valence-electron chi connectivity index (χ4n) is 3.43. The van der Waals surface area contributed by atoms with Gasteiger partial charge in [0.15, 0.2) is 5.01 Å². The normalized spacial score (nSPS) is 12.8. The molecular weight excluding hydrogens is 470 g/mol. The van der Waals surface area contributed by atoms with Crippen LogP contribution in [0.5, 0.6) is 5.75 Å². The molecule has 4 aromatic rings. The predicted molar refractivity (Wildman–Crippen MR) is 121 cm³/mol. The van der Waals surface area contributed by atoms with Crippen LogP contribution in [-0.2, 0) is 11.1 Å². The molecule has 0 amide bonds. The number of aliphatic hydroxyl groups excluding tert-OH is 1. The van der Waals surface area contributed by atoms with Crippen molar-refractivity contribution in [3.63, 3.8) is 0 Å². The van der Waals surface area contributed by atoms with Gasteiger partial charge in [0.1, 0.15) is 11.6 Å². The molecule has 0 spiro atoms. The molecule has 0 aliphatic heterocycles. The number of carbonyl (C=O) groups excluding carboxylic acids is 1. The van der Waals surface area contributed by atoms with Crippen LogP contribution in [0.25, 0.3) is 10.9 Å². The molecule has 8 nitrogen and oxygen atoms in total. The number of benzene rings is 2. The second-order valence-electron chi connectivity index (χ2n) is 7.39. The van der Waals surface area contributed by atoms with Crippen molar-refractivity contribution in [2.45, 2.75) is 26.0 Å². The number of halogens is 1. The molecule has 0 bridgehead atoms. The van der Waals surface area contributed by atoms with E-state index in [4.69, 9.17) is 9.79 Å². The van der Waals surface area contributed by atoms with E-state index in [2.05, 4.69) is 9.51 Å². The molecule has 0 fully saturated rings. The number of aliphatic hydroxyl groups is 1. The van der Waals surface area contributed by atoms with Gasteiger partial charge in [-0.1, -0.05) is 19.1 Å². The Hall–Kier alpha value is -2.88. The van der Waals surface area contributed by atoms with Crippen molar-refractivity contribution in [3.8, 4) is 5.75 Å². The number of phosphoric acid groups is 1. The molecule has 3 N–H and O–H groups in total. The predicted octanol–water partition coefficient (Wildman–Crippen LogP) is 4.43. The molecule has 4 rings (SSSR count). The molecule has 0 saturated carbocycles. The smallest absolute Gasteiger partial charge is 0.404 e. The first-order valence-corrected chi connectivity index (χ1v) is 12.4. The maximum absolute atomic E-state index is 14.0. The van der Waals surface area contributed by atoms with E-state index in [9.17, 15) is 18.9 Å². The van der Waals surface area contributed by atoms with E-state index >= 15 is 0 Å². The minimum Gasteiger partial charge on any atom is -0.404 e. The van der Waals surface area contributed by atoms with Crippen LogP contribution in [0, 0.1) is 5.82 Å². The van der Waals surface area contributed by atoms with Crippen LogP contribution in [-0.4, -0.2) is 30.2 Å². The maximum Gasteiger partial charge on any atom is 0.524 e. The molecule has 11 heteroatoms. The van der Waals surface area contributed by atoms with Gasteiger partial charge in [-0.3, -0.25) is 14.6 Å². The first-order valence-electron chi connectivity index (χ1n) is 9.95. The summed E-state index contributed by atoms with van der Waals surface area (Å²) >= 11 is 1.15. The summed E-state index contributed by atoms with van der Waals surface area (Å²) in [5.41, 5.74) is 2.06. The second-order valence-corrected chi connectivity index (χ2v) is 9.41. The quantitative estimate of drug-likeness (QED) is 0.247. The number of hydrogen-bond acceptors (Lipinski definition) is 6. The maximum atomic E-state index is 14.0. The number of thiazole rings is 1. The van der Waals surface area contributed by atoms with Crippen LogP contribution < -0.4 is 4.52 Å². The number of carbonyl (C=O) groups is 1. The molecule has 0 radical (unpaired) electrons. The molecule has 0 aliphatic carbocycles. The summed E-state index contributed by atoms with van der Waals surface area (Å²) in [6, 6.07) is 10.2. The molecule has 0 saturated heterocycles. The molecule has 2 heterocycles. The summed E-state index contributed by atoms with van der Waals surface area (Å²) in [6.45, 7) is 2.10. The van der Waals surface area contributed by atoms with Gasteiger partial charge in [0, 0.05) is 23.5 Å². The van der Waals surface area contributed by atoms with Crippen molar-refractivity contribution < 1.29 is 33.2 Å². The topological polar surface area (TPSA) is 122 Å². The van der Waals surface area contributed by atoms with Crippen LogP contribution in [0.1, 0.15) is 46.1 Å². The lowest BCUT2D eigenvalue weighted by Gasteiger charge is -2.09. The van der Waals surface area contributed by atoms with E-state index in [-0.39, 0.29) is 23.1 Å². The van der Waals surface area contributed by atoms with E-state index in [1.54, 1.807) is 34.3 Å². The van der Waals surface area contributed by atoms with E-state index < -0.39 is 19.7 Å². The van der Waals surface area contributed by atoms with Gasteiger partial charge in [-0.15, -0.1) is 11.3 Å². The Morgan fingerprint density at radius 3 is 2.64 bits per heavy atom. The molecule has 172 valence electrons. The van der Waals surface area contributed by atoms with E-state index in [0.717, 1.165) is 16.9 Å². The highest BCUT2D eigenvalue weighted by molar-refractivity contribution is 7.46. The van der Waals surface area contributed by atoms with E-state index in [0.29, 0.717) is 28.6 Å². The van der Waals surface area contributed by atoms with Crippen molar-refractivity contribution in [3.05, 3.63) is 81.7 Å². The standard InChI is InChI=1S/C22H20FN2O6PS/c1-2-20(26)18-12-33-22(24-18)21(27)17-11-25(19-9-14(23)5-8-16(17)19)10-13-3-6-15(7-4-13)31-32(28,29)30/h3-9,11-12,20,26H,2,10H2,1H3,(H2,28,29,30)/t20-/m0/s1. The third kappa shape index (κ3) is 5.21. The molecule has 2 aromatic carbocycles. The molecule has 33 heavy (non-hydrogen) atoms. The highest BCUT2D eigenvalue weighted by Crippen LogP contribution is 2.37. The number of hydrogen-bond donors (Lipinski definition) is 3. The zero-order valence-electron chi connectivity index (χ0n) is 17.4. The highest BCUT2D eigenvalue weighted by atomic mass is 32.1. The number of ketones is 1. The van der Waals surface area contributed by atoms with Crippen LogP contribution >= 0.6 is 19.2 Å². The van der Waals surface area contributed by atoms with Crippen LogP contribution in [0.15, 0.2) is 54.0 Å². The average Bonchev–Trinajstić information content (AvgIpc) is 3.39. The summed E-state index contributed by atoms with van der Waals surface area (Å²) in [7, 11) is -4.66. The molecule has 2 aromatic heterocycles. The molecule has 0 unspecified atom stereocenters. The van der Waals surface area contributed by atoms with E-state index in [1.165, 1.54) is 24.3 Å². The van der Waals surface area contributed by atoms with Crippen molar-refractivity contribution in [1.29, 1.82) is 0 Å². The number of phosphoric ester groups is 1. The Morgan fingerprint density at radius 1 is 1.24 bits per heavy atom. The Bertz CT molecular complexity index is 1360. The van der Waals surface area contributed by atoms with Crippen molar-refractivity contribution in [2.24, 2.45) is 0 Å². The van der Waals surface area contributed by atoms with Gasteiger partial charge >= 0.3 is 7.82 Å². The molecule has 1 atom stereocenters. The lowest BCUT2D eigenvalue weighted by atomic mass is 10.1. The minimum absolute atomic E-state index is 0.0141. The Labute approximate surface area is 192 Å². The molecular formula is C22H20FN2O6PS. The summed E-state index contributed by atoms with van der Waals surface area (Å²) in [6.07, 6.45) is 1.37. The summed E-state index contributed by atoms with van der Waals surface area (Å²) in [5, 5.41) is 12.4. The van der Waals surface area contributed by atoms with Gasteiger partial charge in [-0.25, -0.2) is 13.9 Å². The summed E-state index contributed by atoms with van der Waals surface area (Å²) in [4.78, 5) is 35.3. The van der Waals surface area contributed by atoms with Gasteiger partial charge in [-0.05, 0) is 42.3 Å². The average molecular weight is 490 g/mol. The van der Waals surface area contributed by atoms with Crippen molar-refractivity contribution in [1.82, 2.24) is 9.55 Å². The van der Waals surface area contributed by atoms with Crippen molar-refractivity contribution >= 4 is 35.8 Å². The summed E-state index contributed by atoms with van der Waals surface area (Å²) < 4.78 is 31.2. The Kier molecular flexibility index (Phi) is 6.47. The zero-order valence-corrected chi connectivity index (χ0v) is 19.1. The van der Waals surface area contributed by atoms with Crippen molar-refractivity contribution in [2.75, 3.05) is 0 Å². The number of aromatic nitrogens is 2. The minimum atomic E-state index is -4.66. The number of nitrogens with zero attached hydrogens (tertiary/aromatic N) is 2. The fourth-order valence-corrected chi connectivity index (χ4v) is 4.65. The lowest BCUT2D eigenvalue weighted by molar-refractivity contribution is 0.103. The third-order valence-electron chi connectivity index (χ3n) is 5.03. The van der Waals surface area contributed by atoms with Gasteiger partial charge in [-0.2, -0.15) is 0 Å². The summed E-state index contributed by atoms with van der Waals surface area (Å²) in [5.74, 6) is -0.760. The fraction of sp³-hybridized carbons (Fsp3) is 0.182. The Balaban J connectivity index is 1.67. The number of rotatable bonds is 8. The Morgan fingerprint density at radius 2 is 1.97 bits per heavy atom. The van der Waals surface area contributed by atoms with Crippen LogP contribution in [0.4, 0.5) is 4.39 Å². The second kappa shape index (κ2) is 9.17. The van der Waals surface area contributed by atoms with Gasteiger partial charge in [0.05, 0.1) is 22.9 Å². The first-order chi connectivity index (χ1) is 15.6. The largest absolute Gasteiger partial charge is 0.524 e. The zero-order chi connectivity index (χ0) is 23.8. The van der Waals surface area contributed by atoms with Crippen LogP contribution in [0.2, 0.25) is 0 Å². The first kappa shape index (κ1) is 23.3. The van der Waals surface area contributed by atoms with E-state index in [1.807, 2.05) is 6.92 Å². The molecule has 0 aliphatic rings. The van der Waals surface area contributed by atoms with Gasteiger partial charge in [0.2, 0.25) is 5.78 Å². The van der Waals surface area contributed by atoms with Gasteiger partial charge < -0.3 is 14.2 Å². The monoisotopic (exact) mass is 490 g/mol. The third-order valence-corrected chi connectivity index (χ3v) is 6.34. The van der Waals surface area contributed by atoms with Crippen LogP contribution in [0.3, 0.4) is 0 Å². The SMILES string of the molecule is CC[C@H](O)c1csc(C(=O)c2cn(Cc3ccc(OP(=O)(O)O)cc3)c3cc(F)ccc23)n1.